The van der Waals surface area contributed by atoms with Gasteiger partial charge in [0, 0.05) is 28.8 Å². The molecule has 0 spiro atoms. The van der Waals surface area contributed by atoms with Crippen molar-refractivity contribution in [1.82, 2.24) is 0 Å². The second-order valence-electron chi connectivity index (χ2n) is 5.07. The Balaban J connectivity index is 2.63. The molecule has 1 aromatic carbocycles. The first-order valence-corrected chi connectivity index (χ1v) is 7.24. The summed E-state index contributed by atoms with van der Waals surface area (Å²) in [5.74, 6) is 0.569. The van der Waals surface area contributed by atoms with Crippen molar-refractivity contribution in [1.29, 1.82) is 5.26 Å². The first kappa shape index (κ1) is 14.8. The zero-order valence-electron chi connectivity index (χ0n) is 11.8. The van der Waals surface area contributed by atoms with Crippen molar-refractivity contribution in [3.63, 3.8) is 0 Å². The number of benzene rings is 1. The highest BCUT2D eigenvalue weighted by atomic mass is 79.9. The Kier molecular flexibility index (Phi) is 4.29. The number of allylic oxidation sites excluding steroid dienone is 2. The molecule has 0 saturated heterocycles. The van der Waals surface area contributed by atoms with E-state index in [0.29, 0.717) is 24.2 Å². The molecular formula is C16H16BrNO2. The monoisotopic (exact) mass is 333 g/mol. The lowest BCUT2D eigenvalue weighted by Gasteiger charge is -2.14. The maximum atomic E-state index is 12.4. The van der Waals surface area contributed by atoms with Gasteiger partial charge in [-0.25, -0.2) is 0 Å². The molecule has 0 N–H and O–H groups in total. The van der Waals surface area contributed by atoms with Crippen LogP contribution in [0.5, 0.6) is 0 Å². The van der Waals surface area contributed by atoms with E-state index < -0.39 is 0 Å². The Hall–Kier alpha value is -1.60. The third-order valence-corrected chi connectivity index (χ3v) is 4.19. The summed E-state index contributed by atoms with van der Waals surface area (Å²) in [6.07, 6.45) is 0.659. The lowest BCUT2D eigenvalue weighted by Crippen LogP contribution is -2.01. The smallest absolute Gasteiger partial charge is 0.167 e. The van der Waals surface area contributed by atoms with Crippen molar-refractivity contribution in [3.05, 3.63) is 39.1 Å². The van der Waals surface area contributed by atoms with E-state index >= 15 is 0 Å². The molecule has 4 heteroatoms. The second kappa shape index (κ2) is 5.80. The fraction of sp³-hybridized carbons (Fsp3) is 0.375. The maximum Gasteiger partial charge on any atom is 0.167 e. The van der Waals surface area contributed by atoms with Crippen molar-refractivity contribution in [3.8, 4) is 6.07 Å². The minimum absolute atomic E-state index is 0.0507. The minimum atomic E-state index is -0.125. The van der Waals surface area contributed by atoms with E-state index in [9.17, 15) is 4.79 Å². The van der Waals surface area contributed by atoms with Crippen LogP contribution in [0.4, 0.5) is 0 Å². The molecule has 104 valence electrons. The Labute approximate surface area is 127 Å². The van der Waals surface area contributed by atoms with Crippen LogP contribution in [0, 0.1) is 31.1 Å². The molecule has 1 aliphatic carbocycles. The topological polar surface area (TPSA) is 50.1 Å². The molecule has 0 bridgehead atoms. The predicted molar refractivity (Wildman–Crippen MR) is 80.9 cm³/mol. The van der Waals surface area contributed by atoms with Crippen LogP contribution in [-0.4, -0.2) is 12.9 Å². The van der Waals surface area contributed by atoms with Crippen LogP contribution in [0.15, 0.2) is 22.4 Å². The molecule has 0 aliphatic heterocycles. The molecule has 0 amide bonds. The molecular weight excluding hydrogens is 318 g/mol. The van der Waals surface area contributed by atoms with Crippen LogP contribution in [-0.2, 0) is 9.53 Å². The summed E-state index contributed by atoms with van der Waals surface area (Å²) in [4.78, 5) is 12.4. The molecule has 1 unspecified atom stereocenters. The third-order valence-electron chi connectivity index (χ3n) is 3.57. The molecule has 1 aromatic rings. The van der Waals surface area contributed by atoms with Gasteiger partial charge in [-0.1, -0.05) is 22.0 Å². The van der Waals surface area contributed by atoms with Crippen LogP contribution in [0.1, 0.15) is 29.5 Å². The Bertz CT molecular complexity index is 617. The summed E-state index contributed by atoms with van der Waals surface area (Å²) in [5, 5.41) is 8.88. The van der Waals surface area contributed by atoms with Gasteiger partial charge in [0.05, 0.1) is 18.8 Å². The van der Waals surface area contributed by atoms with Crippen LogP contribution in [0.25, 0.3) is 5.57 Å². The standard InChI is InChI=1S/C16H16BrNO2/c1-9-6-10(2)14(12(17)7-9)15-13(19)8-11(4-5-18)16(15)20-3/h6-7,11H,4,8H2,1-3H3. The first-order chi connectivity index (χ1) is 9.49. The molecule has 0 saturated carbocycles. The molecule has 1 atom stereocenters. The number of hydrogen-bond donors (Lipinski definition) is 0. The Morgan fingerprint density at radius 1 is 1.45 bits per heavy atom. The minimum Gasteiger partial charge on any atom is -0.500 e. The molecule has 1 aliphatic rings. The number of methoxy groups -OCH3 is 1. The summed E-state index contributed by atoms with van der Waals surface area (Å²) in [7, 11) is 1.57. The maximum absolute atomic E-state index is 12.4. The largest absolute Gasteiger partial charge is 0.500 e. The number of aryl methyl sites for hydroxylation is 2. The van der Waals surface area contributed by atoms with Gasteiger partial charge < -0.3 is 4.74 Å². The van der Waals surface area contributed by atoms with Crippen molar-refractivity contribution in [2.75, 3.05) is 7.11 Å². The number of nitrogens with zero attached hydrogens (tertiary/aromatic N) is 1. The van der Waals surface area contributed by atoms with E-state index in [0.717, 1.165) is 21.2 Å². The number of hydrogen-bond acceptors (Lipinski definition) is 3. The van der Waals surface area contributed by atoms with Gasteiger partial charge in [-0.2, -0.15) is 5.26 Å². The zero-order valence-corrected chi connectivity index (χ0v) is 13.4. The average molecular weight is 334 g/mol. The number of ketones is 1. The highest BCUT2D eigenvalue weighted by Crippen LogP contribution is 2.41. The molecule has 0 heterocycles. The number of ether oxygens (including phenoxy) is 1. The number of halogens is 1. The van der Waals surface area contributed by atoms with Crippen molar-refractivity contribution in [2.24, 2.45) is 5.92 Å². The Morgan fingerprint density at radius 3 is 2.70 bits per heavy atom. The molecule has 20 heavy (non-hydrogen) atoms. The highest BCUT2D eigenvalue weighted by molar-refractivity contribution is 9.10. The van der Waals surface area contributed by atoms with Crippen LogP contribution < -0.4 is 0 Å². The van der Waals surface area contributed by atoms with Crippen LogP contribution in [0.3, 0.4) is 0 Å². The van der Waals surface area contributed by atoms with E-state index in [4.69, 9.17) is 10.00 Å². The van der Waals surface area contributed by atoms with E-state index in [-0.39, 0.29) is 11.7 Å². The number of Topliss-reactive ketones (excluding diaryl/α,β-unsaturated/α-hetero) is 1. The average Bonchev–Trinajstić information content (AvgIpc) is 2.65. The second-order valence-corrected chi connectivity index (χ2v) is 5.92. The number of rotatable bonds is 3. The number of nitriles is 1. The molecule has 0 fully saturated rings. The van der Waals surface area contributed by atoms with Crippen LogP contribution in [0.2, 0.25) is 0 Å². The normalized spacial score (nSPS) is 18.4. The predicted octanol–water partition coefficient (Wildman–Crippen LogP) is 3.93. The fourth-order valence-corrected chi connectivity index (χ4v) is 3.67. The van der Waals surface area contributed by atoms with E-state index in [1.165, 1.54) is 0 Å². The van der Waals surface area contributed by atoms with Gasteiger partial charge in [-0.3, -0.25) is 4.79 Å². The summed E-state index contributed by atoms with van der Waals surface area (Å²) >= 11 is 3.54. The van der Waals surface area contributed by atoms with Gasteiger partial charge in [-0.05, 0) is 31.0 Å². The van der Waals surface area contributed by atoms with E-state index in [1.54, 1.807) is 7.11 Å². The van der Waals surface area contributed by atoms with E-state index in [2.05, 4.69) is 22.0 Å². The summed E-state index contributed by atoms with van der Waals surface area (Å²) < 4.78 is 6.33. The fourth-order valence-electron chi connectivity index (χ4n) is 2.80. The third kappa shape index (κ3) is 2.51. The van der Waals surface area contributed by atoms with Crippen molar-refractivity contribution in [2.45, 2.75) is 26.7 Å². The van der Waals surface area contributed by atoms with E-state index in [1.807, 2.05) is 26.0 Å². The van der Waals surface area contributed by atoms with Gasteiger partial charge in [0.1, 0.15) is 5.76 Å². The Morgan fingerprint density at radius 2 is 2.15 bits per heavy atom. The first-order valence-electron chi connectivity index (χ1n) is 6.45. The highest BCUT2D eigenvalue weighted by Gasteiger charge is 2.35. The van der Waals surface area contributed by atoms with Gasteiger partial charge >= 0.3 is 0 Å². The lowest BCUT2D eigenvalue weighted by atomic mass is 9.97. The molecule has 2 rings (SSSR count). The van der Waals surface area contributed by atoms with Crippen molar-refractivity contribution >= 4 is 27.3 Å². The quantitative estimate of drug-likeness (QED) is 0.842. The number of carbonyl (C=O) groups excluding carboxylic acids is 1. The summed E-state index contributed by atoms with van der Waals surface area (Å²) in [6, 6.07) is 6.17. The van der Waals surface area contributed by atoms with Crippen LogP contribution >= 0.6 is 15.9 Å². The molecule has 0 radical (unpaired) electrons. The lowest BCUT2D eigenvalue weighted by molar-refractivity contribution is -0.113. The number of carbonyl (C=O) groups is 1. The summed E-state index contributed by atoms with van der Waals surface area (Å²) in [5.41, 5.74) is 3.68. The zero-order chi connectivity index (χ0) is 14.9. The van der Waals surface area contributed by atoms with Crippen molar-refractivity contribution < 1.29 is 9.53 Å². The van der Waals surface area contributed by atoms with Gasteiger partial charge in [0.15, 0.2) is 5.78 Å². The summed E-state index contributed by atoms with van der Waals surface area (Å²) in [6.45, 7) is 4.00. The SMILES string of the molecule is COC1=C(c2c(C)cc(C)cc2Br)C(=O)CC1CC#N. The van der Waals surface area contributed by atoms with Gasteiger partial charge in [0.2, 0.25) is 0 Å². The molecule has 3 nitrogen and oxygen atoms in total. The molecule has 0 aromatic heterocycles. The van der Waals surface area contributed by atoms with Gasteiger partial charge in [0.25, 0.3) is 0 Å². The van der Waals surface area contributed by atoms with Gasteiger partial charge in [-0.15, -0.1) is 0 Å².